The molecule has 8 heteroatoms. The number of hydrogen-bond donors (Lipinski definition) is 1. The van der Waals surface area contributed by atoms with Crippen LogP contribution in [0.4, 0.5) is 22.1 Å². The van der Waals surface area contributed by atoms with Crippen molar-refractivity contribution in [2.24, 2.45) is 0 Å². The summed E-state index contributed by atoms with van der Waals surface area (Å²) in [5, 5.41) is 2.89. The molecule has 1 fully saturated rings. The Hall–Kier alpha value is -3.55. The van der Waals surface area contributed by atoms with Gasteiger partial charge in [0.1, 0.15) is 12.1 Å². The number of nitrogens with zero attached hydrogens (tertiary/aromatic N) is 6. The van der Waals surface area contributed by atoms with E-state index in [0.29, 0.717) is 11.6 Å². The van der Waals surface area contributed by atoms with Crippen molar-refractivity contribution in [3.63, 3.8) is 0 Å². The molecule has 2 aliphatic rings. The smallest absolute Gasteiger partial charge is 0.329 e. The molecule has 1 N–H and O–H groups in total. The quantitative estimate of drug-likeness (QED) is 0.726. The van der Waals surface area contributed by atoms with Gasteiger partial charge in [0.25, 0.3) is 0 Å². The second kappa shape index (κ2) is 7.12. The van der Waals surface area contributed by atoms with E-state index in [9.17, 15) is 4.79 Å². The lowest BCUT2D eigenvalue weighted by Gasteiger charge is -2.45. The maximum atomic E-state index is 13.2. The van der Waals surface area contributed by atoms with Crippen LogP contribution >= 0.6 is 0 Å². The molecule has 1 atom stereocenters. The zero-order valence-corrected chi connectivity index (χ0v) is 16.1. The molecule has 0 aliphatic carbocycles. The van der Waals surface area contributed by atoms with Gasteiger partial charge in [-0.2, -0.15) is 0 Å². The number of amides is 2. The standard InChI is InChI=1S/C21H21N7O/c1-14-9-15(11-23-10-14)17-4-5-18-20(25-17)28(16-3-2-8-27(18)12-16)21(29)26-19-6-7-22-13-24-19/h4-7,9-11,13,16H,2-3,8,12H2,1H3,(H,22,24,26,29)/t16-/m0/s1. The Morgan fingerprint density at radius 2 is 2.14 bits per heavy atom. The van der Waals surface area contributed by atoms with Gasteiger partial charge in [-0.3, -0.25) is 15.2 Å². The van der Waals surface area contributed by atoms with Gasteiger partial charge in [-0.15, -0.1) is 0 Å². The average molecular weight is 387 g/mol. The zero-order valence-electron chi connectivity index (χ0n) is 16.1. The number of urea groups is 1. The van der Waals surface area contributed by atoms with Crippen molar-refractivity contribution >= 4 is 23.4 Å². The molecule has 0 radical (unpaired) electrons. The van der Waals surface area contributed by atoms with Crippen LogP contribution in [0.25, 0.3) is 11.3 Å². The fraction of sp³-hybridized carbons (Fsp3) is 0.286. The third-order valence-electron chi connectivity index (χ3n) is 5.39. The number of carbonyl (C=O) groups excluding carboxylic acids is 1. The summed E-state index contributed by atoms with van der Waals surface area (Å²) in [7, 11) is 0. The summed E-state index contributed by atoms with van der Waals surface area (Å²) in [5.41, 5.74) is 3.81. The molecule has 3 aromatic heterocycles. The van der Waals surface area contributed by atoms with Crippen molar-refractivity contribution in [3.8, 4) is 11.3 Å². The molecule has 2 bridgehead atoms. The van der Waals surface area contributed by atoms with Crippen molar-refractivity contribution in [2.45, 2.75) is 25.8 Å². The molecule has 146 valence electrons. The van der Waals surface area contributed by atoms with Gasteiger partial charge in [-0.25, -0.2) is 19.7 Å². The second-order valence-electron chi connectivity index (χ2n) is 7.43. The van der Waals surface area contributed by atoms with Gasteiger partial charge in [0.05, 0.1) is 17.4 Å². The van der Waals surface area contributed by atoms with Gasteiger partial charge in [-0.05, 0) is 49.6 Å². The fourth-order valence-electron chi connectivity index (χ4n) is 4.07. The van der Waals surface area contributed by atoms with Crippen LogP contribution in [0.2, 0.25) is 0 Å². The molecule has 2 aliphatic heterocycles. The Labute approximate surface area is 168 Å². The number of aryl methyl sites for hydroxylation is 1. The van der Waals surface area contributed by atoms with Gasteiger partial charge < -0.3 is 4.90 Å². The van der Waals surface area contributed by atoms with E-state index >= 15 is 0 Å². The van der Waals surface area contributed by atoms with E-state index in [-0.39, 0.29) is 12.1 Å². The van der Waals surface area contributed by atoms with E-state index in [1.807, 2.05) is 19.2 Å². The highest BCUT2D eigenvalue weighted by molar-refractivity contribution is 6.04. The summed E-state index contributed by atoms with van der Waals surface area (Å²) in [6.45, 7) is 3.81. The average Bonchev–Trinajstić information content (AvgIpc) is 2.74. The van der Waals surface area contributed by atoms with Crippen molar-refractivity contribution in [3.05, 3.63) is 54.7 Å². The molecule has 0 unspecified atom stereocenters. The molecular formula is C21H21N7O. The van der Waals surface area contributed by atoms with Crippen molar-refractivity contribution in [1.29, 1.82) is 0 Å². The van der Waals surface area contributed by atoms with Crippen molar-refractivity contribution in [1.82, 2.24) is 19.9 Å². The van der Waals surface area contributed by atoms with Crippen LogP contribution in [-0.2, 0) is 0 Å². The first-order valence-corrected chi connectivity index (χ1v) is 9.73. The number of anilines is 3. The van der Waals surface area contributed by atoms with E-state index in [4.69, 9.17) is 4.98 Å². The zero-order chi connectivity index (χ0) is 19.8. The minimum atomic E-state index is -0.219. The number of nitrogens with one attached hydrogen (secondary N) is 1. The number of rotatable bonds is 2. The van der Waals surface area contributed by atoms with Crippen LogP contribution in [-0.4, -0.2) is 45.1 Å². The minimum Gasteiger partial charge on any atom is -0.366 e. The first kappa shape index (κ1) is 17.5. The third-order valence-corrected chi connectivity index (χ3v) is 5.39. The van der Waals surface area contributed by atoms with E-state index in [1.165, 1.54) is 6.33 Å². The number of piperidine rings is 1. The molecule has 0 saturated carbocycles. The number of fused-ring (bicyclic) bond motifs is 4. The Morgan fingerprint density at radius 1 is 1.21 bits per heavy atom. The number of hydrogen-bond acceptors (Lipinski definition) is 6. The molecule has 8 nitrogen and oxygen atoms in total. The molecule has 2 amide bonds. The largest absolute Gasteiger partial charge is 0.366 e. The van der Waals surface area contributed by atoms with E-state index in [1.54, 1.807) is 23.4 Å². The van der Waals surface area contributed by atoms with Crippen LogP contribution in [0.15, 0.2) is 49.2 Å². The van der Waals surface area contributed by atoms with Gasteiger partial charge in [0.15, 0.2) is 5.82 Å². The molecule has 0 spiro atoms. The molecular weight excluding hydrogens is 366 g/mol. The monoisotopic (exact) mass is 387 g/mol. The van der Waals surface area contributed by atoms with Crippen LogP contribution in [0, 0.1) is 6.92 Å². The lowest BCUT2D eigenvalue weighted by molar-refractivity contribution is 0.252. The number of carbonyl (C=O) groups is 1. The fourth-order valence-corrected chi connectivity index (χ4v) is 4.07. The molecule has 3 aromatic rings. The predicted octanol–water partition coefficient (Wildman–Crippen LogP) is 3.26. The molecule has 0 aromatic carbocycles. The van der Waals surface area contributed by atoms with Gasteiger partial charge in [0.2, 0.25) is 0 Å². The summed E-state index contributed by atoms with van der Waals surface area (Å²) in [6, 6.07) is 7.66. The maximum Gasteiger partial charge on any atom is 0.329 e. The normalized spacial score (nSPS) is 17.6. The van der Waals surface area contributed by atoms with E-state index < -0.39 is 0 Å². The summed E-state index contributed by atoms with van der Waals surface area (Å²) >= 11 is 0. The number of aromatic nitrogens is 4. The SMILES string of the molecule is Cc1cncc(-c2ccc3c(n2)N(C(=O)Nc2ccncn2)[C@H]2CCCN3C2)c1. The summed E-state index contributed by atoms with van der Waals surface area (Å²) in [6.07, 6.45) is 8.64. The Bertz CT molecular complexity index is 1060. The summed E-state index contributed by atoms with van der Waals surface area (Å²) in [5.74, 6) is 1.16. The molecule has 1 saturated heterocycles. The third kappa shape index (κ3) is 3.26. The molecule has 29 heavy (non-hydrogen) atoms. The first-order chi connectivity index (χ1) is 14.2. The summed E-state index contributed by atoms with van der Waals surface area (Å²) in [4.78, 5) is 34.5. The maximum absolute atomic E-state index is 13.2. The molecule has 5 heterocycles. The van der Waals surface area contributed by atoms with Crippen molar-refractivity contribution < 1.29 is 4.79 Å². The Kier molecular flexibility index (Phi) is 4.31. The van der Waals surface area contributed by atoms with Gasteiger partial charge in [-0.1, -0.05) is 0 Å². The lowest BCUT2D eigenvalue weighted by Crippen LogP contribution is -2.56. The van der Waals surface area contributed by atoms with E-state index in [0.717, 1.165) is 48.4 Å². The van der Waals surface area contributed by atoms with Crippen LogP contribution in [0.1, 0.15) is 18.4 Å². The topological polar surface area (TPSA) is 87.1 Å². The Morgan fingerprint density at radius 3 is 2.97 bits per heavy atom. The predicted molar refractivity (Wildman–Crippen MR) is 111 cm³/mol. The highest BCUT2D eigenvalue weighted by Crippen LogP contribution is 2.39. The first-order valence-electron chi connectivity index (χ1n) is 9.73. The highest BCUT2D eigenvalue weighted by Gasteiger charge is 2.38. The van der Waals surface area contributed by atoms with Crippen LogP contribution < -0.4 is 15.1 Å². The van der Waals surface area contributed by atoms with E-state index in [2.05, 4.69) is 37.3 Å². The van der Waals surface area contributed by atoms with Crippen molar-refractivity contribution in [2.75, 3.05) is 28.2 Å². The second-order valence-corrected chi connectivity index (χ2v) is 7.43. The van der Waals surface area contributed by atoms with Crippen LogP contribution in [0.5, 0.6) is 0 Å². The summed E-state index contributed by atoms with van der Waals surface area (Å²) < 4.78 is 0. The molecule has 5 rings (SSSR count). The minimum absolute atomic E-state index is 0.0801. The number of pyridine rings is 2. The van der Waals surface area contributed by atoms with Gasteiger partial charge in [0, 0.05) is 37.2 Å². The van der Waals surface area contributed by atoms with Crippen LogP contribution in [0.3, 0.4) is 0 Å². The highest BCUT2D eigenvalue weighted by atomic mass is 16.2. The van der Waals surface area contributed by atoms with Gasteiger partial charge >= 0.3 is 6.03 Å². The Balaban J connectivity index is 1.56. The lowest BCUT2D eigenvalue weighted by atomic mass is 9.99.